The van der Waals surface area contributed by atoms with Crippen molar-refractivity contribution in [2.75, 3.05) is 0 Å². The average molecular weight is 385 g/mol. The Morgan fingerprint density at radius 2 is 2.11 bits per heavy atom. The fraction of sp³-hybridized carbons (Fsp3) is 0.278. The molecule has 28 heavy (non-hydrogen) atoms. The number of aliphatic carboxylic acids is 1. The monoisotopic (exact) mass is 385 g/mol. The molecule has 3 heterocycles. The second-order valence-corrected chi connectivity index (χ2v) is 6.65. The summed E-state index contributed by atoms with van der Waals surface area (Å²) in [4.78, 5) is 44.2. The molecule has 0 unspecified atom stereocenters. The number of amides is 2. The number of primary amides is 1. The number of carbonyl (C=O) groups excluding carboxylic acids is 2. The number of nitrogens with zero attached hydrogens (tertiary/aromatic N) is 3. The number of carboxylic acids is 1. The van der Waals surface area contributed by atoms with E-state index in [1.54, 1.807) is 12.1 Å². The lowest BCUT2D eigenvalue weighted by molar-refractivity contribution is -0.139. The number of imidazole rings is 1. The minimum atomic E-state index is -1.14. The molecule has 0 spiro atoms. The molecule has 0 fully saturated rings. The molecule has 0 saturated carbocycles. The zero-order valence-electron chi connectivity index (χ0n) is 15.2. The van der Waals surface area contributed by atoms with Crippen LogP contribution in [0.3, 0.4) is 0 Å². The summed E-state index contributed by atoms with van der Waals surface area (Å²) in [6.45, 7) is 3.72. The van der Waals surface area contributed by atoms with Crippen LogP contribution >= 0.6 is 0 Å². The van der Waals surface area contributed by atoms with Gasteiger partial charge in [0.2, 0.25) is 0 Å². The largest absolute Gasteiger partial charge is 0.480 e. The molecule has 0 aromatic carbocycles. The Bertz CT molecular complexity index is 1040. The first-order valence-electron chi connectivity index (χ1n) is 8.53. The topological polar surface area (TPSA) is 153 Å². The Morgan fingerprint density at radius 1 is 1.36 bits per heavy atom. The summed E-state index contributed by atoms with van der Waals surface area (Å²) in [5.41, 5.74) is 5.62. The highest BCUT2D eigenvalue weighted by Crippen LogP contribution is 2.22. The molecule has 0 saturated heterocycles. The van der Waals surface area contributed by atoms with Crippen LogP contribution in [0.15, 0.2) is 35.2 Å². The molecule has 3 aromatic heterocycles. The van der Waals surface area contributed by atoms with Crippen LogP contribution in [-0.4, -0.2) is 43.3 Å². The van der Waals surface area contributed by atoms with Gasteiger partial charge in [0.25, 0.3) is 11.8 Å². The number of rotatable bonds is 7. The van der Waals surface area contributed by atoms with Crippen molar-refractivity contribution in [2.45, 2.75) is 26.3 Å². The highest BCUT2D eigenvalue weighted by molar-refractivity contribution is 6.00. The first-order chi connectivity index (χ1) is 13.3. The Balaban J connectivity index is 2.09. The number of nitrogens with two attached hydrogens (primary N) is 1. The predicted octanol–water partition coefficient (Wildman–Crippen LogP) is 1.32. The number of fused-ring (bicyclic) bond motifs is 1. The van der Waals surface area contributed by atoms with Gasteiger partial charge in [-0.25, -0.2) is 14.8 Å². The first kappa shape index (κ1) is 19.1. The summed E-state index contributed by atoms with van der Waals surface area (Å²) in [6, 6.07) is 3.65. The van der Waals surface area contributed by atoms with Crippen LogP contribution in [0.1, 0.15) is 41.2 Å². The van der Waals surface area contributed by atoms with Gasteiger partial charge >= 0.3 is 5.97 Å². The highest BCUT2D eigenvalue weighted by Gasteiger charge is 2.25. The van der Waals surface area contributed by atoms with Gasteiger partial charge in [-0.05, 0) is 30.5 Å². The van der Waals surface area contributed by atoms with Gasteiger partial charge in [-0.1, -0.05) is 13.8 Å². The van der Waals surface area contributed by atoms with Gasteiger partial charge in [-0.2, -0.15) is 0 Å². The van der Waals surface area contributed by atoms with E-state index in [0.29, 0.717) is 5.76 Å². The van der Waals surface area contributed by atoms with Crippen LogP contribution in [0.2, 0.25) is 0 Å². The van der Waals surface area contributed by atoms with E-state index in [9.17, 15) is 19.5 Å². The molecular weight excluding hydrogens is 366 g/mol. The summed E-state index contributed by atoms with van der Waals surface area (Å²) in [5.74, 6) is -2.16. The second kappa shape index (κ2) is 7.51. The molecule has 3 aromatic rings. The molecule has 2 amide bonds. The maximum absolute atomic E-state index is 12.9. The highest BCUT2D eigenvalue weighted by atomic mass is 16.4. The third-order valence-electron chi connectivity index (χ3n) is 4.05. The van der Waals surface area contributed by atoms with Crippen LogP contribution in [0.4, 0.5) is 0 Å². The van der Waals surface area contributed by atoms with Crippen LogP contribution < -0.4 is 11.1 Å². The van der Waals surface area contributed by atoms with Gasteiger partial charge in [0.05, 0.1) is 6.26 Å². The summed E-state index contributed by atoms with van der Waals surface area (Å²) < 4.78 is 6.61. The molecule has 3 rings (SSSR count). The van der Waals surface area contributed by atoms with Crippen molar-refractivity contribution >= 4 is 23.4 Å². The van der Waals surface area contributed by atoms with E-state index in [1.165, 1.54) is 23.1 Å². The predicted molar refractivity (Wildman–Crippen MR) is 97.6 cm³/mol. The summed E-state index contributed by atoms with van der Waals surface area (Å²) in [5, 5.41) is 11.9. The Kier molecular flexibility index (Phi) is 5.12. The van der Waals surface area contributed by atoms with Crippen molar-refractivity contribution in [3.63, 3.8) is 0 Å². The van der Waals surface area contributed by atoms with Crippen LogP contribution in [0.25, 0.3) is 17.1 Å². The molecular formula is C18H19N5O5. The Hall–Kier alpha value is -3.69. The molecule has 0 aliphatic carbocycles. The van der Waals surface area contributed by atoms with Crippen LogP contribution in [0.5, 0.6) is 0 Å². The maximum Gasteiger partial charge on any atom is 0.326 e. The van der Waals surface area contributed by atoms with Crippen molar-refractivity contribution in [3.05, 3.63) is 42.2 Å². The second-order valence-electron chi connectivity index (χ2n) is 6.65. The van der Waals surface area contributed by atoms with Gasteiger partial charge in [0.1, 0.15) is 23.8 Å². The van der Waals surface area contributed by atoms with E-state index in [4.69, 9.17) is 10.2 Å². The molecule has 0 aliphatic heterocycles. The summed E-state index contributed by atoms with van der Waals surface area (Å²) in [7, 11) is 0. The first-order valence-corrected chi connectivity index (χ1v) is 8.53. The zero-order valence-corrected chi connectivity index (χ0v) is 15.2. The van der Waals surface area contributed by atoms with E-state index < -0.39 is 23.8 Å². The van der Waals surface area contributed by atoms with E-state index in [0.717, 1.165) is 0 Å². The molecule has 146 valence electrons. The number of carboxylic acid groups (broad SMARTS) is 1. The number of aromatic nitrogens is 3. The fourth-order valence-electron chi connectivity index (χ4n) is 2.79. The summed E-state index contributed by atoms with van der Waals surface area (Å²) >= 11 is 0. The normalized spacial score (nSPS) is 12.2. The molecule has 10 nitrogen and oxygen atoms in total. The third kappa shape index (κ3) is 3.70. The number of furan rings is 1. The lowest BCUT2D eigenvalue weighted by Gasteiger charge is -2.17. The van der Waals surface area contributed by atoms with Crippen LogP contribution in [0, 0.1) is 5.92 Å². The number of nitrogens with one attached hydrogen (secondary N) is 1. The van der Waals surface area contributed by atoms with E-state index in [-0.39, 0.29) is 35.1 Å². The smallest absolute Gasteiger partial charge is 0.326 e. The molecule has 0 radical (unpaired) electrons. The van der Waals surface area contributed by atoms with Crippen molar-refractivity contribution in [1.82, 2.24) is 19.7 Å². The SMILES string of the molecule is CC(C)C[C@@H](NC(=O)c1cc(-c2ccco2)nc2c(C(N)=O)ncn12)C(=O)O. The van der Waals surface area contributed by atoms with Gasteiger partial charge in [-0.3, -0.25) is 14.0 Å². The molecule has 4 N–H and O–H groups in total. The third-order valence-corrected chi connectivity index (χ3v) is 4.05. The fourth-order valence-corrected chi connectivity index (χ4v) is 2.79. The molecule has 0 bridgehead atoms. The van der Waals surface area contributed by atoms with Crippen molar-refractivity contribution in [1.29, 1.82) is 0 Å². The minimum Gasteiger partial charge on any atom is -0.480 e. The van der Waals surface area contributed by atoms with Gasteiger partial charge < -0.3 is 20.6 Å². The average Bonchev–Trinajstić information content (AvgIpc) is 3.29. The van der Waals surface area contributed by atoms with E-state index in [1.807, 2.05) is 13.8 Å². The Labute approximate surface area is 159 Å². The van der Waals surface area contributed by atoms with Gasteiger partial charge in [-0.15, -0.1) is 0 Å². The number of hydrogen-bond donors (Lipinski definition) is 3. The standard InChI is InChI=1S/C18H19N5O5/c1-9(2)6-11(18(26)27)22-17(25)12-7-10(13-4-3-5-28-13)21-16-14(15(19)24)20-8-23(12)16/h3-5,7-9,11H,6H2,1-2H3,(H2,19,24)(H,22,25)(H,26,27)/t11-/m1/s1. The van der Waals surface area contributed by atoms with E-state index >= 15 is 0 Å². The van der Waals surface area contributed by atoms with Crippen molar-refractivity contribution in [2.24, 2.45) is 11.7 Å². The van der Waals surface area contributed by atoms with Crippen molar-refractivity contribution in [3.8, 4) is 11.5 Å². The van der Waals surface area contributed by atoms with Gasteiger partial charge in [0.15, 0.2) is 17.1 Å². The Morgan fingerprint density at radius 3 is 2.68 bits per heavy atom. The lowest BCUT2D eigenvalue weighted by Crippen LogP contribution is -2.42. The van der Waals surface area contributed by atoms with Crippen LogP contribution in [-0.2, 0) is 4.79 Å². The molecule has 10 heteroatoms. The lowest BCUT2D eigenvalue weighted by atomic mass is 10.0. The minimum absolute atomic E-state index is 0.0476. The maximum atomic E-state index is 12.9. The zero-order chi connectivity index (χ0) is 20.4. The van der Waals surface area contributed by atoms with Crippen molar-refractivity contribution < 1.29 is 23.9 Å². The van der Waals surface area contributed by atoms with Gasteiger partial charge in [0, 0.05) is 0 Å². The van der Waals surface area contributed by atoms with E-state index in [2.05, 4.69) is 15.3 Å². The molecule has 0 aliphatic rings. The quantitative estimate of drug-likeness (QED) is 0.554. The molecule has 1 atom stereocenters. The number of carbonyl (C=O) groups is 3. The number of hydrogen-bond acceptors (Lipinski definition) is 6. The summed E-state index contributed by atoms with van der Waals surface area (Å²) in [6.07, 6.45) is 2.94.